The number of nitrogens with zero attached hydrogens (tertiary/aromatic N) is 2. The molecule has 1 saturated heterocycles. The molecule has 0 bridgehead atoms. The lowest BCUT2D eigenvalue weighted by atomic mass is 9.89. The van der Waals surface area contributed by atoms with Gasteiger partial charge in [0.15, 0.2) is 0 Å². The molecule has 6 heteroatoms. The quantitative estimate of drug-likeness (QED) is 0.926. The Labute approximate surface area is 124 Å². The average Bonchev–Trinajstić information content (AvgIpc) is 2.86. The van der Waals surface area contributed by atoms with Gasteiger partial charge >= 0.3 is 5.97 Å². The van der Waals surface area contributed by atoms with Crippen molar-refractivity contribution in [3.63, 3.8) is 0 Å². The van der Waals surface area contributed by atoms with Crippen LogP contribution in [0.5, 0.6) is 0 Å². The fraction of sp³-hybridized carbons (Fsp3) is 0.667. The number of hydrogen-bond acceptors (Lipinski definition) is 4. The summed E-state index contributed by atoms with van der Waals surface area (Å²) in [6, 6.07) is 1.49. The Morgan fingerprint density at radius 3 is 2.48 bits per heavy atom. The molecule has 1 aromatic heterocycles. The molecule has 2 heterocycles. The van der Waals surface area contributed by atoms with Gasteiger partial charge in [-0.25, -0.2) is 4.79 Å². The summed E-state index contributed by atoms with van der Waals surface area (Å²) >= 11 is 0. The summed E-state index contributed by atoms with van der Waals surface area (Å²) in [6.07, 6.45) is 2.13. The SMILES string of the molecule is CC(C)(C)CC(=O)N1CCC(c2cc(C(=O)O)on2)CC1. The molecule has 0 atom stereocenters. The molecule has 0 saturated carbocycles. The number of rotatable bonds is 3. The first-order chi connectivity index (χ1) is 9.76. The van der Waals surface area contributed by atoms with Gasteiger partial charge in [0.25, 0.3) is 0 Å². The monoisotopic (exact) mass is 294 g/mol. The van der Waals surface area contributed by atoms with Crippen LogP contribution in [0.2, 0.25) is 0 Å². The number of likely N-dealkylation sites (tertiary alicyclic amines) is 1. The highest BCUT2D eigenvalue weighted by atomic mass is 16.5. The van der Waals surface area contributed by atoms with Gasteiger partial charge in [0, 0.05) is 31.5 Å². The number of amides is 1. The topological polar surface area (TPSA) is 83.6 Å². The molecule has 0 aliphatic carbocycles. The van der Waals surface area contributed by atoms with Crippen molar-refractivity contribution in [2.24, 2.45) is 5.41 Å². The third kappa shape index (κ3) is 4.06. The van der Waals surface area contributed by atoms with Crippen molar-refractivity contribution in [1.29, 1.82) is 0 Å². The van der Waals surface area contributed by atoms with Crippen LogP contribution in [0.4, 0.5) is 0 Å². The number of piperidine rings is 1. The molecule has 21 heavy (non-hydrogen) atoms. The highest BCUT2D eigenvalue weighted by Crippen LogP contribution is 2.29. The second kappa shape index (κ2) is 5.87. The molecular weight excluding hydrogens is 272 g/mol. The van der Waals surface area contributed by atoms with Gasteiger partial charge in [-0.3, -0.25) is 4.79 Å². The van der Waals surface area contributed by atoms with Crippen LogP contribution in [-0.2, 0) is 4.79 Å². The predicted molar refractivity (Wildman–Crippen MR) is 76.1 cm³/mol. The maximum atomic E-state index is 12.2. The van der Waals surface area contributed by atoms with Gasteiger partial charge < -0.3 is 14.5 Å². The largest absolute Gasteiger partial charge is 0.475 e. The lowest BCUT2D eigenvalue weighted by Gasteiger charge is -2.33. The molecular formula is C15H22N2O4. The van der Waals surface area contributed by atoms with Crippen LogP contribution in [0.15, 0.2) is 10.6 Å². The minimum atomic E-state index is -1.11. The molecule has 1 amide bonds. The molecule has 0 spiro atoms. The zero-order valence-corrected chi connectivity index (χ0v) is 12.8. The molecule has 1 N–H and O–H groups in total. The van der Waals surface area contributed by atoms with Gasteiger partial charge in [0.1, 0.15) is 0 Å². The van der Waals surface area contributed by atoms with E-state index in [1.54, 1.807) is 0 Å². The van der Waals surface area contributed by atoms with Gasteiger partial charge in [-0.15, -0.1) is 0 Å². The molecule has 1 aliphatic heterocycles. The zero-order chi connectivity index (χ0) is 15.6. The summed E-state index contributed by atoms with van der Waals surface area (Å²) in [4.78, 5) is 24.8. The van der Waals surface area contributed by atoms with E-state index in [0.29, 0.717) is 25.2 Å². The van der Waals surface area contributed by atoms with Crippen LogP contribution >= 0.6 is 0 Å². The van der Waals surface area contributed by atoms with E-state index >= 15 is 0 Å². The molecule has 0 aromatic carbocycles. The van der Waals surface area contributed by atoms with E-state index in [9.17, 15) is 9.59 Å². The second-order valence-electron chi connectivity index (χ2n) is 6.81. The number of carboxylic acid groups (broad SMARTS) is 1. The van der Waals surface area contributed by atoms with Crippen molar-refractivity contribution in [2.75, 3.05) is 13.1 Å². The molecule has 116 valence electrons. The Balaban J connectivity index is 1.90. The van der Waals surface area contributed by atoms with Gasteiger partial charge in [0.05, 0.1) is 5.69 Å². The minimum absolute atomic E-state index is 0.00354. The van der Waals surface area contributed by atoms with E-state index < -0.39 is 5.97 Å². The first-order valence-electron chi connectivity index (χ1n) is 7.24. The van der Waals surface area contributed by atoms with Crippen LogP contribution in [0.25, 0.3) is 0 Å². The van der Waals surface area contributed by atoms with E-state index in [0.717, 1.165) is 12.8 Å². The molecule has 0 unspecified atom stereocenters. The molecule has 2 rings (SSSR count). The number of carbonyl (C=O) groups excluding carboxylic acids is 1. The first-order valence-corrected chi connectivity index (χ1v) is 7.24. The third-order valence-electron chi connectivity index (χ3n) is 3.69. The number of aromatic carboxylic acids is 1. The summed E-state index contributed by atoms with van der Waals surface area (Å²) in [5.41, 5.74) is 0.673. The summed E-state index contributed by atoms with van der Waals surface area (Å²) < 4.78 is 4.79. The first kappa shape index (κ1) is 15.5. The number of carboxylic acids is 1. The summed E-state index contributed by atoms with van der Waals surface area (Å²) in [7, 11) is 0. The van der Waals surface area contributed by atoms with Crippen molar-refractivity contribution in [3.8, 4) is 0 Å². The van der Waals surface area contributed by atoms with E-state index in [1.165, 1.54) is 6.07 Å². The standard InChI is InChI=1S/C15H22N2O4/c1-15(2,3)9-13(18)17-6-4-10(5-7-17)11-8-12(14(19)20)21-16-11/h8,10H,4-7,9H2,1-3H3,(H,19,20). The Morgan fingerprint density at radius 1 is 1.38 bits per heavy atom. The van der Waals surface area contributed by atoms with Crippen LogP contribution in [0.1, 0.15) is 62.2 Å². The summed E-state index contributed by atoms with van der Waals surface area (Å²) in [5.74, 6) is -0.879. The Hall–Kier alpha value is -1.85. The van der Waals surface area contributed by atoms with Crippen LogP contribution < -0.4 is 0 Å². The Bertz CT molecular complexity index is 522. The maximum Gasteiger partial charge on any atom is 0.374 e. The average molecular weight is 294 g/mol. The fourth-order valence-electron chi connectivity index (χ4n) is 2.57. The lowest BCUT2D eigenvalue weighted by Crippen LogP contribution is -2.39. The number of carbonyl (C=O) groups is 2. The van der Waals surface area contributed by atoms with E-state index in [1.807, 2.05) is 4.90 Å². The van der Waals surface area contributed by atoms with Crippen LogP contribution in [-0.4, -0.2) is 40.1 Å². The molecule has 1 fully saturated rings. The number of aromatic nitrogens is 1. The Kier molecular flexibility index (Phi) is 4.34. The van der Waals surface area contributed by atoms with Gasteiger partial charge in [-0.2, -0.15) is 0 Å². The normalized spacial score (nSPS) is 17.0. The van der Waals surface area contributed by atoms with E-state index in [2.05, 4.69) is 25.9 Å². The fourth-order valence-corrected chi connectivity index (χ4v) is 2.57. The summed E-state index contributed by atoms with van der Waals surface area (Å²) in [6.45, 7) is 7.55. The predicted octanol–water partition coefficient (Wildman–Crippen LogP) is 2.52. The smallest absolute Gasteiger partial charge is 0.374 e. The highest BCUT2D eigenvalue weighted by Gasteiger charge is 2.28. The number of hydrogen-bond donors (Lipinski definition) is 1. The van der Waals surface area contributed by atoms with Crippen molar-refractivity contribution in [3.05, 3.63) is 17.5 Å². The molecule has 1 aromatic rings. The lowest BCUT2D eigenvalue weighted by molar-refractivity contribution is -0.134. The zero-order valence-electron chi connectivity index (χ0n) is 12.8. The maximum absolute atomic E-state index is 12.2. The molecule has 0 radical (unpaired) electrons. The third-order valence-corrected chi connectivity index (χ3v) is 3.69. The van der Waals surface area contributed by atoms with Gasteiger partial charge in [-0.1, -0.05) is 25.9 Å². The van der Waals surface area contributed by atoms with Crippen molar-refractivity contribution in [2.45, 2.75) is 46.0 Å². The minimum Gasteiger partial charge on any atom is -0.475 e. The Morgan fingerprint density at radius 2 is 2.00 bits per heavy atom. The van der Waals surface area contributed by atoms with Crippen LogP contribution in [0.3, 0.4) is 0 Å². The van der Waals surface area contributed by atoms with Crippen molar-refractivity contribution < 1.29 is 19.2 Å². The molecule has 1 aliphatic rings. The van der Waals surface area contributed by atoms with Gasteiger partial charge in [0.2, 0.25) is 11.7 Å². The molecule has 6 nitrogen and oxygen atoms in total. The van der Waals surface area contributed by atoms with Crippen LogP contribution in [0, 0.1) is 5.41 Å². The second-order valence-corrected chi connectivity index (χ2v) is 6.81. The van der Waals surface area contributed by atoms with Crippen molar-refractivity contribution in [1.82, 2.24) is 10.1 Å². The highest BCUT2D eigenvalue weighted by molar-refractivity contribution is 5.84. The van der Waals surface area contributed by atoms with E-state index in [-0.39, 0.29) is 23.0 Å². The van der Waals surface area contributed by atoms with Gasteiger partial charge in [-0.05, 0) is 18.3 Å². The van der Waals surface area contributed by atoms with Crippen molar-refractivity contribution >= 4 is 11.9 Å². The summed E-state index contributed by atoms with van der Waals surface area (Å²) in [5, 5.41) is 12.7. The van der Waals surface area contributed by atoms with E-state index in [4.69, 9.17) is 9.63 Å².